The van der Waals surface area contributed by atoms with E-state index in [0.717, 1.165) is 22.6 Å². The molecule has 0 saturated heterocycles. The van der Waals surface area contributed by atoms with Crippen molar-refractivity contribution in [3.8, 4) is 5.69 Å². The SMILES string of the molecule is CC(=O)c1c(C)[nH]c(C(=O)[C@H](C)OC(=O)Cc2c(C)nn(-c3ccccc3)c2C)c1C. The second kappa shape index (κ2) is 8.71. The zero-order chi connectivity index (χ0) is 22.9. The van der Waals surface area contributed by atoms with Gasteiger partial charge in [0.15, 0.2) is 11.9 Å². The molecule has 1 aromatic carbocycles. The van der Waals surface area contributed by atoms with E-state index >= 15 is 0 Å². The summed E-state index contributed by atoms with van der Waals surface area (Å²) in [5.74, 6) is -0.987. The van der Waals surface area contributed by atoms with E-state index in [1.807, 2.05) is 44.2 Å². The fraction of sp³-hybridized carbons (Fsp3) is 0.333. The van der Waals surface area contributed by atoms with Crippen LogP contribution >= 0.6 is 0 Å². The van der Waals surface area contributed by atoms with Crippen LogP contribution in [0.4, 0.5) is 0 Å². The van der Waals surface area contributed by atoms with Crippen LogP contribution in [0.25, 0.3) is 5.69 Å². The van der Waals surface area contributed by atoms with Gasteiger partial charge in [-0.3, -0.25) is 14.4 Å². The number of esters is 1. The zero-order valence-electron chi connectivity index (χ0n) is 18.7. The fourth-order valence-corrected chi connectivity index (χ4v) is 3.92. The molecule has 0 unspecified atom stereocenters. The number of benzene rings is 1. The van der Waals surface area contributed by atoms with Gasteiger partial charge in [0.1, 0.15) is 0 Å². The average Bonchev–Trinajstić information content (AvgIpc) is 3.17. The van der Waals surface area contributed by atoms with E-state index in [4.69, 9.17) is 4.74 Å². The molecule has 162 valence electrons. The maximum atomic E-state index is 12.8. The number of ketones is 2. The topological polar surface area (TPSA) is 94.0 Å². The summed E-state index contributed by atoms with van der Waals surface area (Å²) in [5, 5.41) is 4.54. The lowest BCUT2D eigenvalue weighted by atomic mass is 10.0. The molecule has 7 heteroatoms. The second-order valence-electron chi connectivity index (χ2n) is 7.75. The number of H-pyrrole nitrogens is 1. The number of ether oxygens (including phenoxy) is 1. The van der Waals surface area contributed by atoms with Crippen molar-refractivity contribution in [2.75, 3.05) is 0 Å². The van der Waals surface area contributed by atoms with Gasteiger partial charge >= 0.3 is 5.97 Å². The predicted molar refractivity (Wildman–Crippen MR) is 117 cm³/mol. The normalized spacial score (nSPS) is 11.9. The minimum absolute atomic E-state index is 0.0174. The minimum Gasteiger partial charge on any atom is -0.454 e. The van der Waals surface area contributed by atoms with Crippen LogP contribution in [0, 0.1) is 27.7 Å². The highest BCUT2D eigenvalue weighted by Gasteiger charge is 2.26. The number of hydrogen-bond donors (Lipinski definition) is 1. The first-order chi connectivity index (χ1) is 14.6. The van der Waals surface area contributed by atoms with E-state index in [2.05, 4.69) is 10.1 Å². The maximum Gasteiger partial charge on any atom is 0.311 e. The number of carbonyl (C=O) groups is 3. The number of nitrogens with one attached hydrogen (secondary N) is 1. The van der Waals surface area contributed by atoms with Gasteiger partial charge in [0.05, 0.1) is 23.5 Å². The van der Waals surface area contributed by atoms with Gasteiger partial charge in [0.25, 0.3) is 0 Å². The monoisotopic (exact) mass is 421 g/mol. The lowest BCUT2D eigenvalue weighted by molar-refractivity contribution is -0.145. The standard InChI is InChI=1S/C24H27N3O4/c1-13-22(17(5)28)15(3)25-23(13)24(30)18(6)31-21(29)12-20-14(2)26-27(16(20)4)19-10-8-7-9-11-19/h7-11,18,25H,12H2,1-6H3/t18-/m0/s1. The Balaban J connectivity index is 1.74. The van der Waals surface area contributed by atoms with Crippen molar-refractivity contribution in [3.05, 3.63) is 69.8 Å². The number of Topliss-reactive ketones (excluding diaryl/α,β-unsaturated/α-hetero) is 2. The highest BCUT2D eigenvalue weighted by Crippen LogP contribution is 2.22. The van der Waals surface area contributed by atoms with Gasteiger partial charge in [0, 0.05) is 22.5 Å². The smallest absolute Gasteiger partial charge is 0.311 e. The summed E-state index contributed by atoms with van der Waals surface area (Å²) in [4.78, 5) is 40.2. The van der Waals surface area contributed by atoms with Crippen LogP contribution in [-0.2, 0) is 16.0 Å². The van der Waals surface area contributed by atoms with E-state index in [9.17, 15) is 14.4 Å². The first kappa shape index (κ1) is 22.2. The third-order valence-corrected chi connectivity index (χ3v) is 5.48. The summed E-state index contributed by atoms with van der Waals surface area (Å²) in [5.41, 5.74) is 5.28. The molecule has 0 bridgehead atoms. The van der Waals surface area contributed by atoms with Crippen LogP contribution in [0.5, 0.6) is 0 Å². The molecule has 3 rings (SSSR count). The van der Waals surface area contributed by atoms with E-state index in [1.54, 1.807) is 18.5 Å². The van der Waals surface area contributed by atoms with Crippen LogP contribution in [-0.4, -0.2) is 38.4 Å². The Kier molecular flexibility index (Phi) is 6.24. The number of nitrogens with zero attached hydrogens (tertiary/aromatic N) is 2. The molecule has 31 heavy (non-hydrogen) atoms. The maximum absolute atomic E-state index is 12.8. The van der Waals surface area contributed by atoms with E-state index in [0.29, 0.717) is 22.5 Å². The Morgan fingerprint density at radius 2 is 1.74 bits per heavy atom. The van der Waals surface area contributed by atoms with Gasteiger partial charge in [-0.25, -0.2) is 4.68 Å². The Labute approximate surface area is 181 Å². The number of aromatic nitrogens is 3. The highest BCUT2D eigenvalue weighted by molar-refractivity contribution is 6.05. The lowest BCUT2D eigenvalue weighted by Crippen LogP contribution is -2.26. The van der Waals surface area contributed by atoms with Gasteiger partial charge in [-0.1, -0.05) is 18.2 Å². The van der Waals surface area contributed by atoms with Crippen LogP contribution in [0.15, 0.2) is 30.3 Å². The van der Waals surface area contributed by atoms with Gasteiger partial charge in [-0.15, -0.1) is 0 Å². The molecule has 0 spiro atoms. The molecule has 0 aliphatic rings. The third kappa shape index (κ3) is 4.35. The van der Waals surface area contributed by atoms with Gasteiger partial charge in [0.2, 0.25) is 5.78 Å². The molecule has 0 radical (unpaired) electrons. The molecule has 2 aromatic heterocycles. The second-order valence-corrected chi connectivity index (χ2v) is 7.75. The fourth-order valence-electron chi connectivity index (χ4n) is 3.92. The molecule has 0 aliphatic heterocycles. The first-order valence-corrected chi connectivity index (χ1v) is 10.2. The van der Waals surface area contributed by atoms with Crippen LogP contribution in [0.1, 0.15) is 62.9 Å². The van der Waals surface area contributed by atoms with E-state index in [1.165, 1.54) is 13.8 Å². The molecule has 1 N–H and O–H groups in total. The Morgan fingerprint density at radius 1 is 1.10 bits per heavy atom. The van der Waals surface area contributed by atoms with Crippen molar-refractivity contribution >= 4 is 17.5 Å². The average molecular weight is 421 g/mol. The quantitative estimate of drug-likeness (QED) is 0.460. The summed E-state index contributed by atoms with van der Waals surface area (Å²) < 4.78 is 7.22. The molecule has 0 amide bonds. The Bertz CT molecular complexity index is 1160. The molecule has 0 saturated carbocycles. The molecule has 1 atom stereocenters. The Hall–Kier alpha value is -3.48. The van der Waals surface area contributed by atoms with Gasteiger partial charge < -0.3 is 9.72 Å². The molecule has 0 aliphatic carbocycles. The number of hydrogen-bond acceptors (Lipinski definition) is 5. The van der Waals surface area contributed by atoms with Gasteiger partial charge in [-0.05, 0) is 59.2 Å². The Morgan fingerprint density at radius 3 is 2.32 bits per heavy atom. The van der Waals surface area contributed by atoms with Gasteiger partial charge in [-0.2, -0.15) is 5.10 Å². The summed E-state index contributed by atoms with van der Waals surface area (Å²) in [6.07, 6.45) is -0.961. The van der Waals surface area contributed by atoms with Crippen molar-refractivity contribution in [1.82, 2.24) is 14.8 Å². The summed E-state index contributed by atoms with van der Waals surface area (Å²) in [7, 11) is 0. The first-order valence-electron chi connectivity index (χ1n) is 10.2. The van der Waals surface area contributed by atoms with E-state index in [-0.39, 0.29) is 18.0 Å². The molecule has 7 nitrogen and oxygen atoms in total. The summed E-state index contributed by atoms with van der Waals surface area (Å²) >= 11 is 0. The molecule has 3 aromatic rings. The van der Waals surface area contributed by atoms with Crippen molar-refractivity contribution in [2.45, 2.75) is 54.1 Å². The largest absolute Gasteiger partial charge is 0.454 e. The minimum atomic E-state index is -0.978. The number of rotatable bonds is 7. The van der Waals surface area contributed by atoms with Crippen molar-refractivity contribution < 1.29 is 19.1 Å². The van der Waals surface area contributed by atoms with Crippen LogP contribution in [0.2, 0.25) is 0 Å². The number of carbonyl (C=O) groups excluding carboxylic acids is 3. The summed E-state index contributed by atoms with van der Waals surface area (Å²) in [6, 6.07) is 9.67. The highest BCUT2D eigenvalue weighted by atomic mass is 16.5. The predicted octanol–water partition coefficient (Wildman–Crippen LogP) is 3.99. The van der Waals surface area contributed by atoms with Crippen molar-refractivity contribution in [2.24, 2.45) is 0 Å². The molecule has 2 heterocycles. The molecular formula is C24H27N3O4. The third-order valence-electron chi connectivity index (χ3n) is 5.48. The number of para-hydroxylation sites is 1. The summed E-state index contributed by atoms with van der Waals surface area (Å²) in [6.45, 7) is 10.2. The molecular weight excluding hydrogens is 394 g/mol. The lowest BCUT2D eigenvalue weighted by Gasteiger charge is -2.12. The van der Waals surface area contributed by atoms with Crippen molar-refractivity contribution in [3.63, 3.8) is 0 Å². The number of aryl methyl sites for hydroxylation is 2. The number of aromatic amines is 1. The van der Waals surface area contributed by atoms with Crippen LogP contribution in [0.3, 0.4) is 0 Å². The zero-order valence-corrected chi connectivity index (χ0v) is 18.7. The molecule has 0 fully saturated rings. The van der Waals surface area contributed by atoms with Crippen LogP contribution < -0.4 is 0 Å². The van der Waals surface area contributed by atoms with E-state index < -0.39 is 12.1 Å². The van der Waals surface area contributed by atoms with Crippen molar-refractivity contribution in [1.29, 1.82) is 0 Å².